The molecule has 0 radical (unpaired) electrons. The molecule has 7 nitrogen and oxygen atoms in total. The highest BCUT2D eigenvalue weighted by molar-refractivity contribution is 7.19. The fourth-order valence-corrected chi connectivity index (χ4v) is 3.03. The lowest BCUT2D eigenvalue weighted by atomic mass is 10.1. The number of aliphatic hydroxyl groups is 2. The molecular weight excluding hydrogens is 324 g/mol. The van der Waals surface area contributed by atoms with Crippen LogP contribution in [0.5, 0.6) is 0 Å². The summed E-state index contributed by atoms with van der Waals surface area (Å²) < 4.78 is 6.61. The van der Waals surface area contributed by atoms with Crippen LogP contribution >= 0.6 is 11.3 Å². The van der Waals surface area contributed by atoms with Crippen LogP contribution in [0.1, 0.15) is 10.4 Å². The molecule has 2 aromatic rings. The molecule has 122 valence electrons. The van der Waals surface area contributed by atoms with E-state index in [-0.39, 0.29) is 0 Å². The number of carboxylic acids is 2. The second kappa shape index (κ2) is 7.23. The number of hydrogen-bond acceptors (Lipinski definition) is 6. The molecular formula is C15H14O7S. The standard InChI is InChI=1S/C11H8OS.C4H6O6/c1-2-4-10-8(3-1)9-5-6-12-7-11(9)13-10;5-1(3(7)8)2(6)4(9)10/h1-6H,7H2;1-2,5-6H,(H,7,8)(H,9,10)/t;1-,2-/m.1/s1. The number of ether oxygens (including phenoxy) is 1. The number of benzene rings is 1. The molecule has 0 saturated heterocycles. The Hall–Kier alpha value is -2.42. The van der Waals surface area contributed by atoms with Crippen LogP contribution in [0.15, 0.2) is 30.5 Å². The fraction of sp³-hybridized carbons (Fsp3) is 0.200. The van der Waals surface area contributed by atoms with E-state index in [9.17, 15) is 9.59 Å². The van der Waals surface area contributed by atoms with Gasteiger partial charge in [0.1, 0.15) is 6.61 Å². The van der Waals surface area contributed by atoms with Gasteiger partial charge in [-0.1, -0.05) is 18.2 Å². The maximum absolute atomic E-state index is 9.77. The number of carbonyl (C=O) groups is 2. The van der Waals surface area contributed by atoms with Gasteiger partial charge in [0.2, 0.25) is 0 Å². The van der Waals surface area contributed by atoms with Gasteiger partial charge in [-0.3, -0.25) is 0 Å². The lowest BCUT2D eigenvalue weighted by Gasteiger charge is -2.07. The van der Waals surface area contributed by atoms with Crippen LogP contribution in [0.4, 0.5) is 0 Å². The number of fused-ring (bicyclic) bond motifs is 3. The van der Waals surface area contributed by atoms with Crippen molar-refractivity contribution in [3.8, 4) is 0 Å². The highest BCUT2D eigenvalue weighted by atomic mass is 32.1. The quantitative estimate of drug-likeness (QED) is 0.664. The molecule has 2 atom stereocenters. The Labute approximate surface area is 134 Å². The van der Waals surface area contributed by atoms with Crippen LogP contribution in [0.25, 0.3) is 16.2 Å². The lowest BCUT2D eigenvalue weighted by Crippen LogP contribution is -2.39. The largest absolute Gasteiger partial charge is 0.496 e. The minimum Gasteiger partial charge on any atom is -0.496 e. The van der Waals surface area contributed by atoms with Crippen LogP contribution in [-0.2, 0) is 20.9 Å². The van der Waals surface area contributed by atoms with Crippen molar-refractivity contribution in [2.24, 2.45) is 0 Å². The van der Waals surface area contributed by atoms with Crippen molar-refractivity contribution < 1.29 is 34.8 Å². The predicted molar refractivity (Wildman–Crippen MR) is 82.9 cm³/mol. The fourth-order valence-electron chi connectivity index (χ4n) is 1.92. The molecule has 8 heteroatoms. The van der Waals surface area contributed by atoms with Gasteiger partial charge in [0.15, 0.2) is 12.2 Å². The molecule has 0 spiro atoms. The summed E-state index contributed by atoms with van der Waals surface area (Å²) in [6.45, 7) is 0.727. The molecule has 0 bridgehead atoms. The number of carboxylic acid groups (broad SMARTS) is 2. The Morgan fingerprint density at radius 3 is 2.30 bits per heavy atom. The summed E-state index contributed by atoms with van der Waals surface area (Å²) in [7, 11) is 0. The second-order valence-corrected chi connectivity index (χ2v) is 5.75. The summed E-state index contributed by atoms with van der Waals surface area (Å²) in [5.41, 5.74) is 1.34. The van der Waals surface area contributed by atoms with Crippen molar-refractivity contribution >= 4 is 39.4 Å². The van der Waals surface area contributed by atoms with Crippen LogP contribution in [0, 0.1) is 0 Å². The predicted octanol–water partition coefficient (Wildman–Crippen LogP) is 1.28. The van der Waals surface area contributed by atoms with Crippen LogP contribution < -0.4 is 0 Å². The maximum atomic E-state index is 9.77. The van der Waals surface area contributed by atoms with Crippen LogP contribution in [-0.4, -0.2) is 44.6 Å². The maximum Gasteiger partial charge on any atom is 0.335 e. The van der Waals surface area contributed by atoms with Crippen molar-refractivity contribution in [1.29, 1.82) is 0 Å². The molecule has 0 fully saturated rings. The van der Waals surface area contributed by atoms with Crippen molar-refractivity contribution in [2.45, 2.75) is 18.8 Å². The third-order valence-electron chi connectivity index (χ3n) is 3.06. The molecule has 0 amide bonds. The molecule has 1 aliphatic rings. The second-order valence-electron chi connectivity index (χ2n) is 4.61. The van der Waals surface area contributed by atoms with E-state index in [4.69, 9.17) is 25.2 Å². The van der Waals surface area contributed by atoms with E-state index in [1.807, 2.05) is 11.3 Å². The van der Waals surface area contributed by atoms with E-state index in [1.165, 1.54) is 20.5 Å². The number of aliphatic carboxylic acids is 2. The third kappa shape index (κ3) is 3.86. The molecule has 1 aliphatic heterocycles. The SMILES string of the molecule is C1=Cc2c(sc3ccccc23)CO1.O=C(O)[C@H](O)[C@@H](O)C(=O)O. The first kappa shape index (κ1) is 16.9. The van der Waals surface area contributed by atoms with Gasteiger partial charge in [0.05, 0.1) is 11.1 Å². The van der Waals surface area contributed by atoms with E-state index in [1.54, 1.807) is 6.26 Å². The highest BCUT2D eigenvalue weighted by Gasteiger charge is 2.29. The highest BCUT2D eigenvalue weighted by Crippen LogP contribution is 2.34. The van der Waals surface area contributed by atoms with Gasteiger partial charge in [-0.15, -0.1) is 11.3 Å². The average molecular weight is 338 g/mol. The van der Waals surface area contributed by atoms with Gasteiger partial charge in [-0.25, -0.2) is 9.59 Å². The Morgan fingerprint density at radius 1 is 1.09 bits per heavy atom. The summed E-state index contributed by atoms with van der Waals surface area (Å²) >= 11 is 1.82. The summed E-state index contributed by atoms with van der Waals surface area (Å²) in [6.07, 6.45) is -0.700. The third-order valence-corrected chi connectivity index (χ3v) is 4.22. The zero-order valence-electron chi connectivity index (χ0n) is 11.7. The Morgan fingerprint density at radius 2 is 1.70 bits per heavy atom. The number of thiophene rings is 1. The molecule has 0 saturated carbocycles. The summed E-state index contributed by atoms with van der Waals surface area (Å²) in [4.78, 5) is 20.9. The monoisotopic (exact) mass is 338 g/mol. The van der Waals surface area contributed by atoms with E-state index < -0.39 is 24.1 Å². The van der Waals surface area contributed by atoms with Crippen molar-refractivity contribution in [1.82, 2.24) is 0 Å². The van der Waals surface area contributed by atoms with E-state index in [2.05, 4.69) is 30.3 Å². The smallest absolute Gasteiger partial charge is 0.335 e. The summed E-state index contributed by atoms with van der Waals surface area (Å²) in [5.74, 6) is -3.54. The Bertz CT molecular complexity index is 731. The van der Waals surface area contributed by atoms with E-state index in [0.29, 0.717) is 0 Å². The van der Waals surface area contributed by atoms with Gasteiger partial charge in [-0.05, 0) is 12.1 Å². The van der Waals surface area contributed by atoms with Gasteiger partial charge in [-0.2, -0.15) is 0 Å². The number of aliphatic hydroxyl groups excluding tert-OH is 2. The zero-order chi connectivity index (χ0) is 17.0. The zero-order valence-corrected chi connectivity index (χ0v) is 12.6. The van der Waals surface area contributed by atoms with E-state index in [0.717, 1.165) is 6.61 Å². The van der Waals surface area contributed by atoms with Gasteiger partial charge < -0.3 is 25.2 Å². The van der Waals surface area contributed by atoms with Crippen molar-refractivity contribution in [3.05, 3.63) is 41.0 Å². The molecule has 4 N–H and O–H groups in total. The van der Waals surface area contributed by atoms with Crippen LogP contribution in [0.3, 0.4) is 0 Å². The first-order chi connectivity index (χ1) is 10.9. The topological polar surface area (TPSA) is 124 Å². The summed E-state index contributed by atoms with van der Waals surface area (Å²) in [6, 6.07) is 8.49. The van der Waals surface area contributed by atoms with Gasteiger partial charge >= 0.3 is 11.9 Å². The molecule has 3 rings (SSSR count). The van der Waals surface area contributed by atoms with Crippen LogP contribution in [0.2, 0.25) is 0 Å². The molecule has 2 heterocycles. The summed E-state index contributed by atoms with van der Waals surface area (Å²) in [5, 5.41) is 33.9. The molecule has 0 unspecified atom stereocenters. The minimum atomic E-state index is -2.27. The Balaban J connectivity index is 0.000000175. The molecule has 23 heavy (non-hydrogen) atoms. The van der Waals surface area contributed by atoms with Crippen molar-refractivity contribution in [2.75, 3.05) is 0 Å². The van der Waals surface area contributed by atoms with Gasteiger partial charge in [0.25, 0.3) is 0 Å². The average Bonchev–Trinajstić information content (AvgIpc) is 2.92. The number of hydrogen-bond donors (Lipinski definition) is 4. The molecule has 1 aromatic carbocycles. The minimum absolute atomic E-state index is 0.727. The number of rotatable bonds is 3. The molecule has 1 aromatic heterocycles. The normalized spacial score (nSPS) is 14.9. The lowest BCUT2D eigenvalue weighted by molar-refractivity contribution is -0.165. The van der Waals surface area contributed by atoms with Gasteiger partial charge in [0, 0.05) is 15.6 Å². The Kier molecular flexibility index (Phi) is 5.32. The van der Waals surface area contributed by atoms with Crippen molar-refractivity contribution in [3.63, 3.8) is 0 Å². The first-order valence-electron chi connectivity index (χ1n) is 6.52. The molecule has 0 aliphatic carbocycles. The first-order valence-corrected chi connectivity index (χ1v) is 7.33. The van der Waals surface area contributed by atoms with E-state index >= 15 is 0 Å².